The van der Waals surface area contributed by atoms with Crippen molar-refractivity contribution in [1.82, 2.24) is 8.61 Å². The highest BCUT2D eigenvalue weighted by Gasteiger charge is 2.27. The van der Waals surface area contributed by atoms with Crippen LogP contribution < -0.4 is 0 Å². The third-order valence-corrected chi connectivity index (χ3v) is 7.73. The number of sulfonamides is 2. The van der Waals surface area contributed by atoms with Crippen molar-refractivity contribution in [2.75, 3.05) is 26.2 Å². The maximum atomic E-state index is 12.6. The van der Waals surface area contributed by atoms with E-state index in [-0.39, 0.29) is 26.2 Å². The molecule has 0 aliphatic carbocycles. The first-order valence-corrected chi connectivity index (χ1v) is 12.3. The number of hydrogen-bond acceptors (Lipinski definition) is 4. The third kappa shape index (κ3) is 6.11. The molecule has 3 rings (SSSR count). The van der Waals surface area contributed by atoms with E-state index in [0.29, 0.717) is 6.42 Å². The van der Waals surface area contributed by atoms with Crippen LogP contribution in [0.25, 0.3) is 12.2 Å². The van der Waals surface area contributed by atoms with Crippen LogP contribution >= 0.6 is 0 Å². The fourth-order valence-electron chi connectivity index (χ4n) is 3.01. The van der Waals surface area contributed by atoms with E-state index in [1.807, 2.05) is 60.7 Å². The fourth-order valence-corrected chi connectivity index (χ4v) is 5.45. The minimum atomic E-state index is -3.62. The number of nitrogens with zero attached hydrogens (tertiary/aromatic N) is 2. The Morgan fingerprint density at radius 3 is 1.34 bits per heavy atom. The van der Waals surface area contributed by atoms with Crippen LogP contribution in [-0.4, -0.2) is 51.6 Å². The highest BCUT2D eigenvalue weighted by molar-refractivity contribution is 7.92. The van der Waals surface area contributed by atoms with E-state index in [4.69, 9.17) is 0 Å². The minimum Gasteiger partial charge on any atom is -0.208 e. The summed E-state index contributed by atoms with van der Waals surface area (Å²) in [7, 11) is -7.23. The molecular formula is C21H24N2O4S2. The van der Waals surface area contributed by atoms with Crippen LogP contribution in [0.2, 0.25) is 0 Å². The lowest BCUT2D eigenvalue weighted by molar-refractivity contribution is 0.411. The molecule has 29 heavy (non-hydrogen) atoms. The summed E-state index contributed by atoms with van der Waals surface area (Å²) in [6.45, 7) is 0.825. The zero-order chi connectivity index (χ0) is 20.7. The monoisotopic (exact) mass is 432 g/mol. The van der Waals surface area contributed by atoms with Crippen molar-refractivity contribution < 1.29 is 16.8 Å². The largest absolute Gasteiger partial charge is 0.236 e. The highest BCUT2D eigenvalue weighted by atomic mass is 32.2. The van der Waals surface area contributed by atoms with Crippen LogP contribution in [0.5, 0.6) is 0 Å². The smallest absolute Gasteiger partial charge is 0.208 e. The van der Waals surface area contributed by atoms with Gasteiger partial charge in [0.15, 0.2) is 0 Å². The van der Waals surface area contributed by atoms with E-state index in [0.717, 1.165) is 11.1 Å². The van der Waals surface area contributed by atoms with Gasteiger partial charge >= 0.3 is 0 Å². The second-order valence-electron chi connectivity index (χ2n) is 6.67. The lowest BCUT2D eigenvalue weighted by Gasteiger charge is -2.19. The van der Waals surface area contributed by atoms with Crippen LogP contribution in [-0.2, 0) is 20.0 Å². The number of hydrogen-bond donors (Lipinski definition) is 0. The molecule has 0 unspecified atom stereocenters. The van der Waals surface area contributed by atoms with Crippen LogP contribution in [0.3, 0.4) is 0 Å². The van der Waals surface area contributed by atoms with Gasteiger partial charge in [-0.05, 0) is 29.7 Å². The van der Waals surface area contributed by atoms with E-state index in [1.54, 1.807) is 12.2 Å². The van der Waals surface area contributed by atoms with Gasteiger partial charge in [0.2, 0.25) is 20.0 Å². The Labute approximate surface area is 172 Å². The molecule has 6 nitrogen and oxygen atoms in total. The number of benzene rings is 2. The van der Waals surface area contributed by atoms with Gasteiger partial charge in [-0.1, -0.05) is 60.7 Å². The topological polar surface area (TPSA) is 74.8 Å². The summed E-state index contributed by atoms with van der Waals surface area (Å²) >= 11 is 0. The van der Waals surface area contributed by atoms with Gasteiger partial charge in [-0.15, -0.1) is 0 Å². The molecule has 8 heteroatoms. The molecule has 1 saturated heterocycles. The predicted molar refractivity (Wildman–Crippen MR) is 117 cm³/mol. The first-order valence-electron chi connectivity index (χ1n) is 9.33. The molecular weight excluding hydrogens is 408 g/mol. The van der Waals surface area contributed by atoms with Crippen molar-refractivity contribution in [3.05, 3.63) is 82.6 Å². The Morgan fingerprint density at radius 1 is 0.586 bits per heavy atom. The van der Waals surface area contributed by atoms with E-state index in [1.165, 1.54) is 19.4 Å². The van der Waals surface area contributed by atoms with Gasteiger partial charge in [0.1, 0.15) is 0 Å². The molecule has 0 radical (unpaired) electrons. The molecule has 0 bridgehead atoms. The molecule has 0 spiro atoms. The van der Waals surface area contributed by atoms with Crippen molar-refractivity contribution in [3.63, 3.8) is 0 Å². The van der Waals surface area contributed by atoms with E-state index in [2.05, 4.69) is 0 Å². The van der Waals surface area contributed by atoms with Gasteiger partial charge < -0.3 is 0 Å². The van der Waals surface area contributed by atoms with Gasteiger partial charge in [-0.25, -0.2) is 16.8 Å². The summed E-state index contributed by atoms with van der Waals surface area (Å²) in [6.07, 6.45) is 3.55. The quantitative estimate of drug-likeness (QED) is 0.703. The number of rotatable bonds is 6. The van der Waals surface area contributed by atoms with Crippen LogP contribution in [0, 0.1) is 0 Å². The fraction of sp³-hybridized carbons (Fsp3) is 0.238. The Morgan fingerprint density at radius 2 is 0.966 bits per heavy atom. The van der Waals surface area contributed by atoms with Crippen molar-refractivity contribution in [1.29, 1.82) is 0 Å². The molecule has 0 aromatic heterocycles. The van der Waals surface area contributed by atoms with Gasteiger partial charge in [-0.3, -0.25) is 0 Å². The Hall–Kier alpha value is -2.26. The maximum absolute atomic E-state index is 12.6. The summed E-state index contributed by atoms with van der Waals surface area (Å²) in [6, 6.07) is 18.4. The lowest BCUT2D eigenvalue weighted by atomic mass is 10.2. The molecule has 0 N–H and O–H groups in total. The Balaban J connectivity index is 1.66. The van der Waals surface area contributed by atoms with E-state index in [9.17, 15) is 16.8 Å². The van der Waals surface area contributed by atoms with Crippen LogP contribution in [0.4, 0.5) is 0 Å². The summed E-state index contributed by atoms with van der Waals surface area (Å²) in [5.41, 5.74) is 1.59. The van der Waals surface area contributed by atoms with Crippen molar-refractivity contribution in [2.24, 2.45) is 0 Å². The lowest BCUT2D eigenvalue weighted by Crippen LogP contribution is -2.35. The zero-order valence-electron chi connectivity index (χ0n) is 16.0. The average Bonchev–Trinajstić information content (AvgIpc) is 3.00. The van der Waals surface area contributed by atoms with Gasteiger partial charge in [0.25, 0.3) is 0 Å². The molecule has 1 aliphatic rings. The zero-order valence-corrected chi connectivity index (χ0v) is 17.6. The standard InChI is InChI=1S/C21H24N2O4S2/c24-28(25,18-12-20-8-3-1-4-9-20)22-14-7-15-23(17-16-22)29(26,27)19-13-21-10-5-2-6-11-21/h1-6,8-13,18-19H,7,14-17H2. The first-order chi connectivity index (χ1) is 13.9. The van der Waals surface area contributed by atoms with E-state index < -0.39 is 20.0 Å². The molecule has 2 aromatic carbocycles. The summed E-state index contributed by atoms with van der Waals surface area (Å²) < 4.78 is 53.2. The second-order valence-corrected chi connectivity index (χ2v) is 10.3. The highest BCUT2D eigenvalue weighted by Crippen LogP contribution is 2.15. The molecule has 154 valence electrons. The van der Waals surface area contributed by atoms with Crippen LogP contribution in [0.15, 0.2) is 71.5 Å². The second kappa shape index (κ2) is 9.49. The van der Waals surface area contributed by atoms with Crippen molar-refractivity contribution in [3.8, 4) is 0 Å². The van der Waals surface area contributed by atoms with Crippen molar-refractivity contribution >= 4 is 32.2 Å². The Bertz CT molecular complexity index is 977. The summed E-state index contributed by atoms with van der Waals surface area (Å²) in [5.74, 6) is 0. The Kier molecular flexibility index (Phi) is 7.02. The molecule has 2 aromatic rings. The molecule has 0 amide bonds. The van der Waals surface area contributed by atoms with Crippen LogP contribution in [0.1, 0.15) is 17.5 Å². The van der Waals surface area contributed by atoms with Crippen molar-refractivity contribution in [2.45, 2.75) is 6.42 Å². The molecule has 1 aliphatic heterocycles. The molecule has 0 saturated carbocycles. The van der Waals surface area contributed by atoms with Gasteiger partial charge in [-0.2, -0.15) is 8.61 Å². The van der Waals surface area contributed by atoms with E-state index >= 15 is 0 Å². The molecule has 1 heterocycles. The third-order valence-electron chi connectivity index (χ3n) is 4.60. The summed E-state index contributed by atoms with van der Waals surface area (Å²) in [4.78, 5) is 0. The normalized spacial score (nSPS) is 17.7. The maximum Gasteiger partial charge on any atom is 0.236 e. The molecule has 1 fully saturated rings. The molecule has 0 atom stereocenters. The average molecular weight is 433 g/mol. The van der Waals surface area contributed by atoms with Gasteiger partial charge in [0.05, 0.1) is 0 Å². The summed E-state index contributed by atoms with van der Waals surface area (Å²) in [5, 5.41) is 2.36. The SMILES string of the molecule is O=S(=O)(C=Cc1ccccc1)N1CCCN(S(=O)(=O)C=Cc2ccccc2)CC1. The minimum absolute atomic E-state index is 0.125. The predicted octanol–water partition coefficient (Wildman–Crippen LogP) is 3.00. The van der Waals surface area contributed by atoms with Gasteiger partial charge in [0, 0.05) is 37.0 Å². The first kappa shape index (κ1) is 21.4.